The number of primary amides is 1. The van der Waals surface area contributed by atoms with Crippen LogP contribution in [0.15, 0.2) is 91.1 Å². The average molecular weight is 466 g/mol. The molecule has 1 aromatic heterocycles. The van der Waals surface area contributed by atoms with Crippen LogP contribution in [0, 0.1) is 0 Å². The van der Waals surface area contributed by atoms with Crippen molar-refractivity contribution in [1.29, 1.82) is 0 Å². The summed E-state index contributed by atoms with van der Waals surface area (Å²) >= 11 is 0. The van der Waals surface area contributed by atoms with Crippen LogP contribution in [0.4, 0.5) is 5.69 Å². The monoisotopic (exact) mass is 465 g/mol. The first-order valence-electron chi connectivity index (χ1n) is 11.7. The van der Waals surface area contributed by atoms with E-state index >= 15 is 0 Å². The van der Waals surface area contributed by atoms with E-state index < -0.39 is 0 Å². The molecule has 3 aromatic carbocycles. The molecule has 0 aliphatic carbocycles. The maximum atomic E-state index is 13.1. The van der Waals surface area contributed by atoms with E-state index in [1.807, 2.05) is 83.5 Å². The van der Waals surface area contributed by atoms with Gasteiger partial charge in [-0.15, -0.1) is 0 Å². The van der Waals surface area contributed by atoms with E-state index in [2.05, 4.69) is 15.3 Å². The van der Waals surface area contributed by atoms with Crippen LogP contribution in [0.2, 0.25) is 0 Å². The highest BCUT2D eigenvalue weighted by atomic mass is 16.2. The first-order valence-corrected chi connectivity index (χ1v) is 11.7. The predicted molar refractivity (Wildman–Crippen MR) is 136 cm³/mol. The van der Waals surface area contributed by atoms with Gasteiger partial charge in [0.25, 0.3) is 5.91 Å². The van der Waals surface area contributed by atoms with Crippen LogP contribution in [-0.2, 0) is 11.3 Å². The number of likely N-dealkylation sites (tertiary alicyclic amines) is 1. The molecule has 1 aliphatic rings. The lowest BCUT2D eigenvalue weighted by Crippen LogP contribution is -2.39. The number of rotatable bonds is 7. The quantitative estimate of drug-likeness (QED) is 0.427. The molecular formula is C28H27N5O2. The van der Waals surface area contributed by atoms with Gasteiger partial charge in [0, 0.05) is 23.4 Å². The van der Waals surface area contributed by atoms with Crippen molar-refractivity contribution in [3.63, 3.8) is 0 Å². The number of carbonyl (C=O) groups excluding carboxylic acids is 2. The summed E-state index contributed by atoms with van der Waals surface area (Å²) in [6, 6.07) is 26.9. The highest BCUT2D eigenvalue weighted by Crippen LogP contribution is 2.24. The molecule has 1 atom stereocenters. The third-order valence-corrected chi connectivity index (χ3v) is 6.33. The van der Waals surface area contributed by atoms with Gasteiger partial charge in [0.2, 0.25) is 5.91 Å². The highest BCUT2D eigenvalue weighted by Gasteiger charge is 2.28. The van der Waals surface area contributed by atoms with Gasteiger partial charge in [-0.25, -0.2) is 4.68 Å². The molecule has 7 nitrogen and oxygen atoms in total. The molecule has 1 unspecified atom stereocenters. The van der Waals surface area contributed by atoms with E-state index in [9.17, 15) is 9.59 Å². The maximum Gasteiger partial charge on any atom is 0.255 e. The van der Waals surface area contributed by atoms with Crippen molar-refractivity contribution in [3.05, 3.63) is 102 Å². The van der Waals surface area contributed by atoms with Gasteiger partial charge in [-0.3, -0.25) is 14.5 Å². The Morgan fingerprint density at radius 3 is 2.63 bits per heavy atom. The second kappa shape index (κ2) is 9.95. The number of nitrogens with one attached hydrogen (secondary N) is 1. The number of amides is 2. The minimum absolute atomic E-state index is 0.200. The van der Waals surface area contributed by atoms with Crippen LogP contribution in [0.1, 0.15) is 28.8 Å². The molecule has 5 rings (SSSR count). The molecule has 0 bridgehead atoms. The van der Waals surface area contributed by atoms with Gasteiger partial charge < -0.3 is 11.1 Å². The molecule has 1 fully saturated rings. The van der Waals surface area contributed by atoms with Gasteiger partial charge >= 0.3 is 0 Å². The van der Waals surface area contributed by atoms with Crippen LogP contribution < -0.4 is 11.1 Å². The molecule has 7 heteroatoms. The average Bonchev–Trinajstić information content (AvgIpc) is 3.55. The topological polar surface area (TPSA) is 93.3 Å². The molecule has 176 valence electrons. The lowest BCUT2D eigenvalue weighted by molar-refractivity contribution is -0.122. The molecular weight excluding hydrogens is 438 g/mol. The number of carbonyl (C=O) groups is 2. The largest absolute Gasteiger partial charge is 0.368 e. The molecule has 0 spiro atoms. The van der Waals surface area contributed by atoms with Crippen LogP contribution >= 0.6 is 0 Å². The summed E-state index contributed by atoms with van der Waals surface area (Å²) in [5, 5.41) is 7.47. The summed E-state index contributed by atoms with van der Waals surface area (Å²) in [4.78, 5) is 26.9. The Morgan fingerprint density at radius 1 is 0.971 bits per heavy atom. The van der Waals surface area contributed by atoms with Crippen molar-refractivity contribution in [3.8, 4) is 16.9 Å². The minimum Gasteiger partial charge on any atom is -0.368 e. The smallest absolute Gasteiger partial charge is 0.255 e. The SMILES string of the molecule is NC(=O)C1CCCN1Cc1cccc(NC(=O)c2cccc(-n3nccc3-c3ccccc3)c2)c1. The second-order valence-electron chi connectivity index (χ2n) is 8.73. The van der Waals surface area contributed by atoms with Gasteiger partial charge in [0.15, 0.2) is 0 Å². The number of aromatic nitrogens is 2. The van der Waals surface area contributed by atoms with E-state index in [-0.39, 0.29) is 17.9 Å². The fraction of sp³-hybridized carbons (Fsp3) is 0.179. The van der Waals surface area contributed by atoms with Gasteiger partial charge in [0.05, 0.1) is 23.6 Å². The Morgan fingerprint density at radius 2 is 1.80 bits per heavy atom. The fourth-order valence-corrected chi connectivity index (χ4v) is 4.64. The number of anilines is 1. The second-order valence-corrected chi connectivity index (χ2v) is 8.73. The molecule has 0 radical (unpaired) electrons. The summed E-state index contributed by atoms with van der Waals surface area (Å²) in [5.74, 6) is -0.479. The van der Waals surface area contributed by atoms with Crippen molar-refractivity contribution in [1.82, 2.24) is 14.7 Å². The van der Waals surface area contributed by atoms with Crippen molar-refractivity contribution in [2.45, 2.75) is 25.4 Å². The van der Waals surface area contributed by atoms with Crippen molar-refractivity contribution in [2.24, 2.45) is 5.73 Å². The Labute approximate surface area is 204 Å². The van der Waals surface area contributed by atoms with Gasteiger partial charge in [-0.2, -0.15) is 5.10 Å². The maximum absolute atomic E-state index is 13.1. The van der Waals surface area contributed by atoms with Gasteiger partial charge in [-0.1, -0.05) is 48.5 Å². The normalized spacial score (nSPS) is 15.7. The van der Waals surface area contributed by atoms with E-state index in [1.54, 1.807) is 12.3 Å². The molecule has 1 saturated heterocycles. The molecule has 35 heavy (non-hydrogen) atoms. The minimum atomic E-state index is -0.278. The summed E-state index contributed by atoms with van der Waals surface area (Å²) in [5.41, 5.74) is 10.6. The third-order valence-electron chi connectivity index (χ3n) is 6.33. The molecule has 2 amide bonds. The number of nitrogens with zero attached hydrogens (tertiary/aromatic N) is 3. The Balaban J connectivity index is 1.32. The summed E-state index contributed by atoms with van der Waals surface area (Å²) in [7, 11) is 0. The van der Waals surface area contributed by atoms with E-state index in [1.165, 1.54) is 0 Å². The standard InChI is InChI=1S/C28H27N5O2/c29-27(34)26-13-6-16-32(26)19-20-7-4-11-23(17-20)31-28(35)22-10-5-12-24(18-22)33-25(14-15-30-33)21-8-2-1-3-9-21/h1-5,7-12,14-15,17-18,26H,6,13,16,19H2,(H2,29,34)(H,31,35). The summed E-state index contributed by atoms with van der Waals surface area (Å²) < 4.78 is 1.83. The van der Waals surface area contributed by atoms with Crippen molar-refractivity contribution in [2.75, 3.05) is 11.9 Å². The zero-order chi connectivity index (χ0) is 24.2. The molecule has 1 aliphatic heterocycles. The van der Waals surface area contributed by atoms with Crippen LogP contribution in [0.25, 0.3) is 16.9 Å². The number of nitrogens with two attached hydrogens (primary N) is 1. The molecule has 0 saturated carbocycles. The van der Waals surface area contributed by atoms with Crippen LogP contribution in [0.5, 0.6) is 0 Å². The lowest BCUT2D eigenvalue weighted by Gasteiger charge is -2.22. The number of hydrogen-bond donors (Lipinski definition) is 2. The first kappa shape index (κ1) is 22.6. The Kier molecular flexibility index (Phi) is 6.41. The Hall–Kier alpha value is -4.23. The van der Waals surface area contributed by atoms with Crippen molar-refractivity contribution < 1.29 is 9.59 Å². The summed E-state index contributed by atoms with van der Waals surface area (Å²) in [6.45, 7) is 1.46. The lowest BCUT2D eigenvalue weighted by atomic mass is 10.1. The van der Waals surface area contributed by atoms with E-state index in [0.29, 0.717) is 17.8 Å². The molecule has 4 aromatic rings. The number of benzene rings is 3. The number of hydrogen-bond acceptors (Lipinski definition) is 4. The predicted octanol–water partition coefficient (Wildman–Crippen LogP) is 4.24. The third kappa shape index (κ3) is 5.00. The van der Waals surface area contributed by atoms with Gasteiger partial charge in [0.1, 0.15) is 0 Å². The Bertz CT molecular complexity index is 1350. The fourth-order valence-electron chi connectivity index (χ4n) is 4.64. The van der Waals surface area contributed by atoms with E-state index in [4.69, 9.17) is 5.73 Å². The zero-order valence-corrected chi connectivity index (χ0v) is 19.3. The first-order chi connectivity index (χ1) is 17.1. The van der Waals surface area contributed by atoms with E-state index in [0.717, 1.165) is 41.9 Å². The highest BCUT2D eigenvalue weighted by molar-refractivity contribution is 6.04. The molecule has 2 heterocycles. The summed E-state index contributed by atoms with van der Waals surface area (Å²) in [6.07, 6.45) is 3.51. The van der Waals surface area contributed by atoms with Crippen LogP contribution in [-0.4, -0.2) is 39.1 Å². The molecule has 3 N–H and O–H groups in total. The van der Waals surface area contributed by atoms with Crippen molar-refractivity contribution >= 4 is 17.5 Å². The van der Waals surface area contributed by atoms with Gasteiger partial charge in [-0.05, 0) is 61.3 Å². The zero-order valence-electron chi connectivity index (χ0n) is 19.3. The van der Waals surface area contributed by atoms with Crippen LogP contribution in [0.3, 0.4) is 0 Å².